The van der Waals surface area contributed by atoms with Crippen molar-refractivity contribution in [2.75, 3.05) is 6.61 Å². The first-order chi connectivity index (χ1) is 9.79. The summed E-state index contributed by atoms with van der Waals surface area (Å²) in [7, 11) is 0. The van der Waals surface area contributed by atoms with E-state index in [1.165, 1.54) is 0 Å². The van der Waals surface area contributed by atoms with Crippen LogP contribution in [0.4, 0.5) is 0 Å². The molecule has 1 unspecified atom stereocenters. The van der Waals surface area contributed by atoms with Crippen molar-refractivity contribution in [3.8, 4) is 11.1 Å². The highest BCUT2D eigenvalue weighted by Crippen LogP contribution is 2.30. The summed E-state index contributed by atoms with van der Waals surface area (Å²) >= 11 is 0. The normalized spacial score (nSPS) is 17.6. The van der Waals surface area contributed by atoms with E-state index in [-0.39, 0.29) is 5.97 Å². The number of hydrogen-bond donors (Lipinski definition) is 0. The number of fused-ring (bicyclic) bond motifs is 1. The molecule has 0 aromatic carbocycles. The Bertz CT molecular complexity index is 635. The minimum Gasteiger partial charge on any atom is -0.463 e. The average Bonchev–Trinajstić information content (AvgIpc) is 3.01. The second-order valence-corrected chi connectivity index (χ2v) is 4.61. The maximum atomic E-state index is 11.7. The van der Waals surface area contributed by atoms with Crippen molar-refractivity contribution in [3.05, 3.63) is 48.0 Å². The fraction of sp³-hybridized carbons (Fsp3) is 0.250. The van der Waals surface area contributed by atoms with Gasteiger partial charge in [-0.1, -0.05) is 47.6 Å². The van der Waals surface area contributed by atoms with Crippen LogP contribution >= 0.6 is 0 Å². The third kappa shape index (κ3) is 2.25. The zero-order valence-corrected chi connectivity index (χ0v) is 11.2. The monoisotopic (exact) mass is 269 g/mol. The molecule has 0 N–H and O–H groups in total. The van der Waals surface area contributed by atoms with E-state index >= 15 is 0 Å². The van der Waals surface area contributed by atoms with Gasteiger partial charge in [-0.25, -0.2) is 4.79 Å². The van der Waals surface area contributed by atoms with Crippen LogP contribution in [0.5, 0.6) is 0 Å². The number of esters is 1. The first-order valence-electron chi connectivity index (χ1n) is 6.67. The maximum absolute atomic E-state index is 11.7. The van der Waals surface area contributed by atoms with Crippen LogP contribution in [-0.2, 0) is 14.4 Å². The fourth-order valence-corrected chi connectivity index (χ4v) is 2.36. The molecule has 1 aliphatic heterocycles. The van der Waals surface area contributed by atoms with Gasteiger partial charge in [-0.05, 0) is 18.1 Å². The Morgan fingerprint density at radius 1 is 1.25 bits per heavy atom. The Labute approximate surface area is 117 Å². The third-order valence-corrected chi connectivity index (χ3v) is 3.32. The van der Waals surface area contributed by atoms with Gasteiger partial charge in [-0.15, -0.1) is 0 Å². The van der Waals surface area contributed by atoms with E-state index in [2.05, 4.69) is 11.2 Å². The minimum atomic E-state index is -0.618. The van der Waals surface area contributed by atoms with Crippen LogP contribution in [-0.4, -0.2) is 24.4 Å². The van der Waals surface area contributed by atoms with Gasteiger partial charge in [0.15, 0.2) is 0 Å². The summed E-state index contributed by atoms with van der Waals surface area (Å²) in [5, 5.41) is 4.05. The standard InChI is InChI=1S/C16H15NO3/c1-2-19-16(18)15-10-14(17-20-15)13-9-8-11-6-4-3-5-7-12(11)13/h3-9,15H,2,10H2,1H3. The van der Waals surface area contributed by atoms with Gasteiger partial charge in [-0.2, -0.15) is 0 Å². The molecule has 0 saturated carbocycles. The van der Waals surface area contributed by atoms with E-state index in [1.807, 2.05) is 36.4 Å². The predicted molar refractivity (Wildman–Crippen MR) is 75.7 cm³/mol. The Hall–Kier alpha value is -2.36. The topological polar surface area (TPSA) is 47.9 Å². The Morgan fingerprint density at radius 2 is 2.10 bits per heavy atom. The molecule has 0 amide bonds. The van der Waals surface area contributed by atoms with Gasteiger partial charge in [0.25, 0.3) is 0 Å². The van der Waals surface area contributed by atoms with Crippen LogP contribution in [0.1, 0.15) is 18.9 Å². The molecule has 0 aromatic heterocycles. The quantitative estimate of drug-likeness (QED) is 0.805. The number of rotatable bonds is 3. The molecule has 0 bridgehead atoms. The second-order valence-electron chi connectivity index (χ2n) is 4.61. The number of hydrogen-bond acceptors (Lipinski definition) is 4. The lowest BCUT2D eigenvalue weighted by molar-refractivity contribution is -0.154. The predicted octanol–water partition coefficient (Wildman–Crippen LogP) is 2.85. The van der Waals surface area contributed by atoms with Gasteiger partial charge in [0, 0.05) is 12.0 Å². The van der Waals surface area contributed by atoms with E-state index in [0.717, 1.165) is 22.4 Å². The van der Waals surface area contributed by atoms with Gasteiger partial charge < -0.3 is 9.57 Å². The number of oxime groups is 1. The first kappa shape index (κ1) is 12.7. The van der Waals surface area contributed by atoms with E-state index < -0.39 is 6.10 Å². The van der Waals surface area contributed by atoms with E-state index in [0.29, 0.717) is 13.0 Å². The number of carbonyl (C=O) groups excluding carboxylic acids is 1. The lowest BCUT2D eigenvalue weighted by atomic mass is 10.0. The number of ether oxygens (including phenoxy) is 1. The molecule has 1 atom stereocenters. The van der Waals surface area contributed by atoms with Crippen molar-refractivity contribution in [3.63, 3.8) is 0 Å². The van der Waals surface area contributed by atoms with Crippen molar-refractivity contribution in [1.82, 2.24) is 0 Å². The van der Waals surface area contributed by atoms with Crippen LogP contribution in [0.2, 0.25) is 0 Å². The van der Waals surface area contributed by atoms with E-state index in [1.54, 1.807) is 6.92 Å². The summed E-state index contributed by atoms with van der Waals surface area (Å²) in [6.07, 6.45) is -0.163. The van der Waals surface area contributed by atoms with Gasteiger partial charge in [0.2, 0.25) is 6.10 Å². The highest BCUT2D eigenvalue weighted by molar-refractivity contribution is 6.09. The Morgan fingerprint density at radius 3 is 2.95 bits per heavy atom. The summed E-state index contributed by atoms with van der Waals surface area (Å²) in [5.41, 5.74) is 4.07. The molecule has 0 fully saturated rings. The van der Waals surface area contributed by atoms with Crippen LogP contribution in [0.25, 0.3) is 11.1 Å². The van der Waals surface area contributed by atoms with Crippen LogP contribution in [0.3, 0.4) is 0 Å². The van der Waals surface area contributed by atoms with Crippen LogP contribution < -0.4 is 0 Å². The summed E-state index contributed by atoms with van der Waals surface area (Å²) in [5.74, 6) is -0.354. The SMILES string of the molecule is CCOC(=O)C1CC(c2ccc3cccccc2-3)=NO1. The fourth-order valence-electron chi connectivity index (χ4n) is 2.36. The van der Waals surface area contributed by atoms with Gasteiger partial charge >= 0.3 is 5.97 Å². The molecule has 4 nitrogen and oxygen atoms in total. The van der Waals surface area contributed by atoms with Crippen molar-refractivity contribution < 1.29 is 14.4 Å². The molecular formula is C16H15NO3. The highest BCUT2D eigenvalue weighted by atomic mass is 16.7. The summed E-state index contributed by atoms with van der Waals surface area (Å²) in [4.78, 5) is 16.8. The molecule has 102 valence electrons. The summed E-state index contributed by atoms with van der Waals surface area (Å²) in [6, 6.07) is 14.1. The average molecular weight is 269 g/mol. The Kier molecular flexibility index (Phi) is 3.37. The van der Waals surface area contributed by atoms with Crippen molar-refractivity contribution in [2.24, 2.45) is 5.16 Å². The molecule has 20 heavy (non-hydrogen) atoms. The molecule has 2 aliphatic carbocycles. The van der Waals surface area contributed by atoms with E-state index in [9.17, 15) is 4.79 Å². The summed E-state index contributed by atoms with van der Waals surface area (Å²) in [6.45, 7) is 2.13. The molecule has 0 aromatic rings. The maximum Gasteiger partial charge on any atom is 0.350 e. The molecule has 3 rings (SSSR count). The van der Waals surface area contributed by atoms with E-state index in [4.69, 9.17) is 9.57 Å². The third-order valence-electron chi connectivity index (χ3n) is 3.32. The van der Waals surface area contributed by atoms with Crippen molar-refractivity contribution in [1.29, 1.82) is 0 Å². The molecular weight excluding hydrogens is 254 g/mol. The van der Waals surface area contributed by atoms with Crippen molar-refractivity contribution in [2.45, 2.75) is 19.4 Å². The highest BCUT2D eigenvalue weighted by Gasteiger charge is 2.31. The first-order valence-corrected chi connectivity index (χ1v) is 6.67. The number of carbonyl (C=O) groups is 1. The smallest absolute Gasteiger partial charge is 0.350 e. The van der Waals surface area contributed by atoms with Gasteiger partial charge in [0.1, 0.15) is 0 Å². The van der Waals surface area contributed by atoms with Gasteiger partial charge in [-0.3, -0.25) is 0 Å². The van der Waals surface area contributed by atoms with Crippen molar-refractivity contribution >= 4 is 11.7 Å². The van der Waals surface area contributed by atoms with Gasteiger partial charge in [0.05, 0.1) is 12.3 Å². The molecule has 0 saturated heterocycles. The zero-order chi connectivity index (χ0) is 13.9. The second kappa shape index (κ2) is 5.33. The van der Waals surface area contributed by atoms with Crippen LogP contribution in [0.15, 0.2) is 47.6 Å². The lowest BCUT2D eigenvalue weighted by Crippen LogP contribution is -2.23. The largest absolute Gasteiger partial charge is 0.463 e. The minimum absolute atomic E-state index is 0.350. The molecule has 1 heterocycles. The lowest BCUT2D eigenvalue weighted by Gasteiger charge is -2.06. The molecule has 0 radical (unpaired) electrons. The molecule has 3 aliphatic rings. The zero-order valence-electron chi connectivity index (χ0n) is 11.2. The summed E-state index contributed by atoms with van der Waals surface area (Å²) < 4.78 is 4.96. The molecule has 4 heteroatoms. The van der Waals surface area contributed by atoms with Crippen LogP contribution in [0, 0.1) is 0 Å². The Balaban J connectivity index is 1.83. The molecule has 0 spiro atoms. The number of nitrogens with zero attached hydrogens (tertiary/aromatic N) is 1.